The maximum absolute atomic E-state index is 5.73. The molecule has 1 aromatic rings. The first-order chi connectivity index (χ1) is 8.40. The van der Waals surface area contributed by atoms with Crippen LogP contribution in [0.3, 0.4) is 0 Å². The molecule has 1 aliphatic rings. The molecule has 1 aromatic heterocycles. The van der Waals surface area contributed by atoms with Gasteiger partial charge in [0.15, 0.2) is 0 Å². The topological polar surface area (TPSA) is 42.1 Å². The van der Waals surface area contributed by atoms with Crippen molar-refractivity contribution in [1.29, 1.82) is 0 Å². The summed E-state index contributed by atoms with van der Waals surface area (Å²) >= 11 is 0. The Morgan fingerprint density at radius 3 is 2.76 bits per heavy atom. The Balaban J connectivity index is 1.96. The van der Waals surface area contributed by atoms with E-state index < -0.39 is 0 Å². The molecule has 3 heteroatoms. The van der Waals surface area contributed by atoms with Gasteiger partial charge in [0, 0.05) is 38.1 Å². The van der Waals surface area contributed by atoms with Gasteiger partial charge in [0.1, 0.15) is 0 Å². The fourth-order valence-corrected chi connectivity index (χ4v) is 2.73. The minimum atomic E-state index is 0.729. The van der Waals surface area contributed by atoms with Crippen LogP contribution in [0.25, 0.3) is 0 Å². The quantitative estimate of drug-likeness (QED) is 0.847. The van der Waals surface area contributed by atoms with E-state index in [1.807, 2.05) is 18.5 Å². The largest absolute Gasteiger partial charge is 0.329 e. The lowest BCUT2D eigenvalue weighted by Crippen LogP contribution is -2.39. The van der Waals surface area contributed by atoms with Crippen LogP contribution >= 0.6 is 0 Å². The molecule has 0 aliphatic heterocycles. The number of pyridine rings is 1. The molecule has 0 atom stereocenters. The van der Waals surface area contributed by atoms with E-state index in [0.29, 0.717) is 0 Å². The first-order valence-electron chi connectivity index (χ1n) is 6.73. The van der Waals surface area contributed by atoms with Gasteiger partial charge in [0.25, 0.3) is 0 Å². The molecule has 0 radical (unpaired) electrons. The van der Waals surface area contributed by atoms with E-state index in [1.54, 1.807) is 0 Å². The monoisotopic (exact) mass is 233 g/mol. The van der Waals surface area contributed by atoms with Gasteiger partial charge in [-0.15, -0.1) is 0 Å². The summed E-state index contributed by atoms with van der Waals surface area (Å²) in [4.78, 5) is 6.72. The van der Waals surface area contributed by atoms with Crippen LogP contribution in [0, 0.1) is 0 Å². The second kappa shape index (κ2) is 6.72. The van der Waals surface area contributed by atoms with E-state index in [4.69, 9.17) is 5.73 Å². The highest BCUT2D eigenvalue weighted by molar-refractivity contribution is 5.08. The molecular formula is C14H23N3. The standard InChI is InChI=1S/C14H23N3/c15-8-10-17(14-6-2-1-3-7-14)12-13-5-4-9-16-11-13/h4-5,9,11,14H,1-3,6-8,10,12,15H2. The van der Waals surface area contributed by atoms with Gasteiger partial charge >= 0.3 is 0 Å². The van der Waals surface area contributed by atoms with Gasteiger partial charge in [-0.05, 0) is 24.5 Å². The third-order valence-electron chi connectivity index (χ3n) is 3.62. The number of nitrogens with zero attached hydrogens (tertiary/aromatic N) is 2. The molecule has 0 aromatic carbocycles. The second-order valence-corrected chi connectivity index (χ2v) is 4.91. The zero-order chi connectivity index (χ0) is 11.9. The van der Waals surface area contributed by atoms with Gasteiger partial charge in [0.05, 0.1) is 0 Å². The molecule has 1 aliphatic carbocycles. The van der Waals surface area contributed by atoms with Gasteiger partial charge in [-0.1, -0.05) is 25.3 Å². The Labute approximate surface area is 104 Å². The Kier molecular flexibility index (Phi) is 4.95. The number of rotatable bonds is 5. The van der Waals surface area contributed by atoms with Crippen molar-refractivity contribution in [2.45, 2.75) is 44.7 Å². The minimum absolute atomic E-state index is 0.729. The van der Waals surface area contributed by atoms with Gasteiger partial charge in [-0.25, -0.2) is 0 Å². The van der Waals surface area contributed by atoms with E-state index in [2.05, 4.69) is 16.0 Å². The summed E-state index contributed by atoms with van der Waals surface area (Å²) in [6.07, 6.45) is 10.6. The lowest BCUT2D eigenvalue weighted by Gasteiger charge is -2.34. The molecule has 2 N–H and O–H groups in total. The maximum Gasteiger partial charge on any atom is 0.0312 e. The van der Waals surface area contributed by atoms with Crippen LogP contribution in [-0.2, 0) is 6.54 Å². The molecule has 17 heavy (non-hydrogen) atoms. The number of nitrogens with two attached hydrogens (primary N) is 1. The van der Waals surface area contributed by atoms with Crippen molar-refractivity contribution in [3.63, 3.8) is 0 Å². The summed E-state index contributed by atoms with van der Waals surface area (Å²) in [7, 11) is 0. The summed E-state index contributed by atoms with van der Waals surface area (Å²) in [5.41, 5.74) is 7.03. The molecule has 2 rings (SSSR count). The first kappa shape index (κ1) is 12.5. The summed E-state index contributed by atoms with van der Waals surface area (Å²) in [5, 5.41) is 0. The summed E-state index contributed by atoms with van der Waals surface area (Å²) in [5.74, 6) is 0. The van der Waals surface area contributed by atoms with Crippen LogP contribution < -0.4 is 5.73 Å². The SMILES string of the molecule is NCCN(Cc1cccnc1)C1CCCCC1. The average Bonchev–Trinajstić information content (AvgIpc) is 2.40. The third-order valence-corrected chi connectivity index (χ3v) is 3.62. The third kappa shape index (κ3) is 3.79. The molecule has 1 heterocycles. The highest BCUT2D eigenvalue weighted by atomic mass is 15.2. The normalized spacial score (nSPS) is 17.5. The fourth-order valence-electron chi connectivity index (χ4n) is 2.73. The highest BCUT2D eigenvalue weighted by Gasteiger charge is 2.20. The van der Waals surface area contributed by atoms with E-state index in [-0.39, 0.29) is 0 Å². The zero-order valence-corrected chi connectivity index (χ0v) is 10.5. The van der Waals surface area contributed by atoms with Crippen LogP contribution in [0.2, 0.25) is 0 Å². The molecule has 94 valence electrons. The van der Waals surface area contributed by atoms with E-state index in [1.165, 1.54) is 37.7 Å². The smallest absolute Gasteiger partial charge is 0.0312 e. The van der Waals surface area contributed by atoms with Crippen molar-refractivity contribution in [3.05, 3.63) is 30.1 Å². The van der Waals surface area contributed by atoms with Crippen molar-refractivity contribution >= 4 is 0 Å². The number of aromatic nitrogens is 1. The number of hydrogen-bond donors (Lipinski definition) is 1. The summed E-state index contributed by atoms with van der Waals surface area (Å²) < 4.78 is 0. The second-order valence-electron chi connectivity index (χ2n) is 4.91. The van der Waals surface area contributed by atoms with E-state index in [0.717, 1.165) is 25.7 Å². The van der Waals surface area contributed by atoms with Gasteiger partial charge in [0.2, 0.25) is 0 Å². The molecule has 0 amide bonds. The molecule has 0 spiro atoms. The minimum Gasteiger partial charge on any atom is -0.329 e. The lowest BCUT2D eigenvalue weighted by atomic mass is 9.94. The van der Waals surface area contributed by atoms with Gasteiger partial charge < -0.3 is 5.73 Å². The van der Waals surface area contributed by atoms with Crippen LogP contribution in [0.15, 0.2) is 24.5 Å². The molecule has 3 nitrogen and oxygen atoms in total. The van der Waals surface area contributed by atoms with Crippen molar-refractivity contribution < 1.29 is 0 Å². The first-order valence-corrected chi connectivity index (χ1v) is 6.73. The summed E-state index contributed by atoms with van der Waals surface area (Å²) in [6.45, 7) is 2.74. The van der Waals surface area contributed by atoms with Crippen LogP contribution in [0.4, 0.5) is 0 Å². The van der Waals surface area contributed by atoms with Crippen LogP contribution in [0.5, 0.6) is 0 Å². The molecule has 0 bridgehead atoms. The predicted octanol–water partition coefficient (Wildman–Crippen LogP) is 2.17. The fraction of sp³-hybridized carbons (Fsp3) is 0.643. The molecule has 0 unspecified atom stereocenters. The molecule has 0 saturated heterocycles. The molecule has 1 saturated carbocycles. The Hall–Kier alpha value is -0.930. The summed E-state index contributed by atoms with van der Waals surface area (Å²) in [6, 6.07) is 4.89. The maximum atomic E-state index is 5.73. The zero-order valence-electron chi connectivity index (χ0n) is 10.5. The Morgan fingerprint density at radius 2 is 2.12 bits per heavy atom. The van der Waals surface area contributed by atoms with Crippen molar-refractivity contribution in [3.8, 4) is 0 Å². The number of hydrogen-bond acceptors (Lipinski definition) is 3. The average molecular weight is 233 g/mol. The van der Waals surface area contributed by atoms with Crippen molar-refractivity contribution in [1.82, 2.24) is 9.88 Å². The lowest BCUT2D eigenvalue weighted by molar-refractivity contribution is 0.152. The van der Waals surface area contributed by atoms with Gasteiger partial charge in [-0.3, -0.25) is 9.88 Å². The Morgan fingerprint density at radius 1 is 1.29 bits per heavy atom. The van der Waals surface area contributed by atoms with E-state index in [9.17, 15) is 0 Å². The Bertz CT molecular complexity index is 307. The van der Waals surface area contributed by atoms with Crippen molar-refractivity contribution in [2.24, 2.45) is 5.73 Å². The van der Waals surface area contributed by atoms with E-state index >= 15 is 0 Å². The molecule has 1 fully saturated rings. The van der Waals surface area contributed by atoms with Crippen molar-refractivity contribution in [2.75, 3.05) is 13.1 Å². The van der Waals surface area contributed by atoms with Crippen LogP contribution in [-0.4, -0.2) is 29.0 Å². The predicted molar refractivity (Wildman–Crippen MR) is 70.6 cm³/mol. The highest BCUT2D eigenvalue weighted by Crippen LogP contribution is 2.23. The van der Waals surface area contributed by atoms with Crippen LogP contribution in [0.1, 0.15) is 37.7 Å². The molecular weight excluding hydrogens is 210 g/mol. The van der Waals surface area contributed by atoms with Gasteiger partial charge in [-0.2, -0.15) is 0 Å².